The van der Waals surface area contributed by atoms with E-state index in [1.165, 1.54) is 0 Å². The van der Waals surface area contributed by atoms with Crippen molar-refractivity contribution >= 4 is 0 Å². The highest BCUT2D eigenvalue weighted by molar-refractivity contribution is 5.56. The minimum Gasteiger partial charge on any atom is -0.486 e. The first-order valence-corrected chi connectivity index (χ1v) is 7.55. The van der Waals surface area contributed by atoms with Gasteiger partial charge in [-0.05, 0) is 29.0 Å². The number of benzene rings is 1. The van der Waals surface area contributed by atoms with Crippen LogP contribution in [-0.2, 0) is 13.2 Å². The van der Waals surface area contributed by atoms with E-state index in [2.05, 4.69) is 32.6 Å². The molecule has 0 bridgehead atoms. The van der Waals surface area contributed by atoms with Crippen molar-refractivity contribution in [3.8, 4) is 17.1 Å². The molecular formula is C15H18N6O2. The third-order valence-corrected chi connectivity index (χ3v) is 3.32. The van der Waals surface area contributed by atoms with Crippen LogP contribution in [0.25, 0.3) is 11.4 Å². The highest BCUT2D eigenvalue weighted by Crippen LogP contribution is 2.22. The molecule has 8 heteroatoms. The van der Waals surface area contributed by atoms with E-state index in [0.29, 0.717) is 29.9 Å². The lowest BCUT2D eigenvalue weighted by Crippen LogP contribution is -2.09. The van der Waals surface area contributed by atoms with E-state index < -0.39 is 0 Å². The summed E-state index contributed by atoms with van der Waals surface area (Å²) in [6, 6.07) is 7.53. The van der Waals surface area contributed by atoms with Crippen LogP contribution in [0.4, 0.5) is 0 Å². The second-order valence-corrected chi connectivity index (χ2v) is 5.13. The van der Waals surface area contributed by atoms with Gasteiger partial charge < -0.3 is 9.26 Å². The van der Waals surface area contributed by atoms with Crippen LogP contribution in [-0.4, -0.2) is 30.3 Å². The summed E-state index contributed by atoms with van der Waals surface area (Å²) in [6.07, 6.45) is 2.12. The van der Waals surface area contributed by atoms with Gasteiger partial charge in [0, 0.05) is 19.0 Å². The topological polar surface area (TPSA) is 91.8 Å². The highest BCUT2D eigenvalue weighted by atomic mass is 16.5. The van der Waals surface area contributed by atoms with Gasteiger partial charge in [-0.3, -0.25) is 0 Å². The Balaban J connectivity index is 1.68. The number of unbranched alkanes of at least 4 members (excludes halogenated alkanes) is 1. The number of nitrogens with zero attached hydrogens (tertiary/aromatic N) is 6. The van der Waals surface area contributed by atoms with Crippen LogP contribution in [0.2, 0.25) is 0 Å². The maximum atomic E-state index is 5.79. The molecule has 0 saturated heterocycles. The number of aromatic nitrogens is 6. The zero-order valence-corrected chi connectivity index (χ0v) is 13.1. The Morgan fingerprint density at radius 1 is 1.30 bits per heavy atom. The van der Waals surface area contributed by atoms with Crippen LogP contribution in [0, 0.1) is 6.92 Å². The molecule has 23 heavy (non-hydrogen) atoms. The molecule has 8 nitrogen and oxygen atoms in total. The summed E-state index contributed by atoms with van der Waals surface area (Å²) >= 11 is 0. The number of rotatable bonds is 7. The van der Waals surface area contributed by atoms with Crippen LogP contribution in [0.15, 0.2) is 28.8 Å². The Morgan fingerprint density at radius 2 is 2.22 bits per heavy atom. The van der Waals surface area contributed by atoms with Gasteiger partial charge in [-0.25, -0.2) is 4.68 Å². The molecule has 2 aromatic heterocycles. The monoisotopic (exact) mass is 314 g/mol. The van der Waals surface area contributed by atoms with Crippen LogP contribution in [0.5, 0.6) is 5.75 Å². The number of aryl methyl sites for hydroxylation is 2. The molecule has 0 aliphatic carbocycles. The summed E-state index contributed by atoms with van der Waals surface area (Å²) in [5, 5.41) is 15.6. The Bertz CT molecular complexity index is 767. The molecule has 0 saturated carbocycles. The summed E-state index contributed by atoms with van der Waals surface area (Å²) in [6.45, 7) is 4.99. The summed E-state index contributed by atoms with van der Waals surface area (Å²) in [4.78, 5) is 4.21. The van der Waals surface area contributed by atoms with Crippen LogP contribution < -0.4 is 4.74 Å². The van der Waals surface area contributed by atoms with Gasteiger partial charge in [-0.2, -0.15) is 4.98 Å². The van der Waals surface area contributed by atoms with Gasteiger partial charge in [0.05, 0.1) is 0 Å². The fraction of sp³-hybridized carbons (Fsp3) is 0.400. The fourth-order valence-electron chi connectivity index (χ4n) is 2.10. The zero-order chi connectivity index (χ0) is 16.1. The molecule has 0 fully saturated rings. The number of hydrogen-bond donors (Lipinski definition) is 0. The highest BCUT2D eigenvalue weighted by Gasteiger charge is 2.09. The van der Waals surface area contributed by atoms with Gasteiger partial charge in [0.25, 0.3) is 0 Å². The summed E-state index contributed by atoms with van der Waals surface area (Å²) in [5.74, 6) is 2.48. The standard InChI is InChI=1S/C15H18N6O2/c1-3-4-8-21-14(17-19-20-21)10-22-13-7-5-6-12(9-13)15-16-11(2)23-18-15/h5-7,9H,3-4,8,10H2,1-2H3. The second-order valence-electron chi connectivity index (χ2n) is 5.13. The molecule has 0 N–H and O–H groups in total. The van der Waals surface area contributed by atoms with Crippen molar-refractivity contribution in [3.05, 3.63) is 36.0 Å². The van der Waals surface area contributed by atoms with E-state index in [1.54, 1.807) is 11.6 Å². The quantitative estimate of drug-likeness (QED) is 0.661. The molecule has 0 aliphatic heterocycles. The number of hydrogen-bond acceptors (Lipinski definition) is 7. The van der Waals surface area contributed by atoms with Gasteiger partial charge in [0.2, 0.25) is 11.7 Å². The van der Waals surface area contributed by atoms with Crippen LogP contribution in [0.1, 0.15) is 31.5 Å². The first-order chi connectivity index (χ1) is 11.3. The summed E-state index contributed by atoms with van der Waals surface area (Å²) in [7, 11) is 0. The van der Waals surface area contributed by atoms with Crippen molar-refractivity contribution in [1.82, 2.24) is 30.3 Å². The molecule has 0 atom stereocenters. The molecule has 0 spiro atoms. The van der Waals surface area contributed by atoms with Crippen LogP contribution >= 0.6 is 0 Å². The van der Waals surface area contributed by atoms with Gasteiger partial charge in [-0.1, -0.05) is 30.6 Å². The lowest BCUT2D eigenvalue weighted by molar-refractivity contribution is 0.285. The maximum absolute atomic E-state index is 5.79. The minimum absolute atomic E-state index is 0.311. The van der Waals surface area contributed by atoms with E-state index in [9.17, 15) is 0 Å². The van der Waals surface area contributed by atoms with Crippen molar-refractivity contribution in [3.63, 3.8) is 0 Å². The summed E-state index contributed by atoms with van der Waals surface area (Å²) < 4.78 is 12.6. The zero-order valence-electron chi connectivity index (χ0n) is 13.1. The van der Waals surface area contributed by atoms with E-state index in [4.69, 9.17) is 9.26 Å². The van der Waals surface area contributed by atoms with E-state index in [-0.39, 0.29) is 0 Å². The third-order valence-electron chi connectivity index (χ3n) is 3.32. The smallest absolute Gasteiger partial charge is 0.223 e. The Labute approximate surface area is 133 Å². The van der Waals surface area contributed by atoms with Gasteiger partial charge in [-0.15, -0.1) is 5.10 Å². The second kappa shape index (κ2) is 6.99. The molecule has 0 amide bonds. The SMILES string of the molecule is CCCCn1nnnc1COc1cccc(-c2noc(C)n2)c1. The molecule has 3 aromatic rings. The predicted octanol–water partition coefficient (Wildman–Crippen LogP) is 2.41. The molecule has 0 aliphatic rings. The Morgan fingerprint density at radius 3 is 3.00 bits per heavy atom. The van der Waals surface area contributed by atoms with Crippen molar-refractivity contribution in [2.24, 2.45) is 0 Å². The molecule has 3 rings (SSSR count). The minimum atomic E-state index is 0.311. The van der Waals surface area contributed by atoms with Crippen molar-refractivity contribution in [2.75, 3.05) is 0 Å². The fourth-order valence-corrected chi connectivity index (χ4v) is 2.10. The number of tetrazole rings is 1. The lowest BCUT2D eigenvalue weighted by Gasteiger charge is -2.07. The van der Waals surface area contributed by atoms with Crippen molar-refractivity contribution in [1.29, 1.82) is 0 Å². The Hall–Kier alpha value is -2.77. The summed E-state index contributed by atoms with van der Waals surface area (Å²) in [5.41, 5.74) is 0.838. The maximum Gasteiger partial charge on any atom is 0.223 e. The largest absolute Gasteiger partial charge is 0.486 e. The Kier molecular flexibility index (Phi) is 4.60. The number of ether oxygens (including phenoxy) is 1. The van der Waals surface area contributed by atoms with E-state index in [0.717, 1.165) is 24.9 Å². The first-order valence-electron chi connectivity index (χ1n) is 7.55. The third kappa shape index (κ3) is 3.71. The van der Waals surface area contributed by atoms with E-state index >= 15 is 0 Å². The molecular weight excluding hydrogens is 296 g/mol. The van der Waals surface area contributed by atoms with Crippen molar-refractivity contribution < 1.29 is 9.26 Å². The molecule has 2 heterocycles. The molecule has 120 valence electrons. The molecule has 0 radical (unpaired) electrons. The first kappa shape index (κ1) is 15.1. The average molecular weight is 314 g/mol. The molecule has 0 unspecified atom stereocenters. The van der Waals surface area contributed by atoms with Gasteiger partial charge in [0.1, 0.15) is 12.4 Å². The predicted molar refractivity (Wildman–Crippen MR) is 81.5 cm³/mol. The average Bonchev–Trinajstić information content (AvgIpc) is 3.20. The van der Waals surface area contributed by atoms with Crippen LogP contribution in [0.3, 0.4) is 0 Å². The molecule has 1 aromatic carbocycles. The normalized spacial score (nSPS) is 10.9. The van der Waals surface area contributed by atoms with Crippen molar-refractivity contribution in [2.45, 2.75) is 39.8 Å². The van der Waals surface area contributed by atoms with Gasteiger partial charge in [0.15, 0.2) is 5.82 Å². The lowest BCUT2D eigenvalue weighted by atomic mass is 10.2. The van der Waals surface area contributed by atoms with E-state index in [1.807, 2.05) is 24.3 Å². The van der Waals surface area contributed by atoms with Gasteiger partial charge >= 0.3 is 0 Å².